The van der Waals surface area contributed by atoms with Gasteiger partial charge in [-0.1, -0.05) is 76.3 Å². The third-order valence-corrected chi connectivity index (χ3v) is 6.18. The minimum Gasteiger partial charge on any atom is -0.490 e. The number of rotatable bonds is 7. The van der Waals surface area contributed by atoms with Crippen LogP contribution in [-0.4, -0.2) is 23.4 Å². The predicted octanol–water partition coefficient (Wildman–Crippen LogP) is 6.31. The molecule has 4 rings (SSSR count). The van der Waals surface area contributed by atoms with E-state index in [9.17, 15) is 4.79 Å². The van der Waals surface area contributed by atoms with Gasteiger partial charge in [-0.2, -0.15) is 0 Å². The van der Waals surface area contributed by atoms with E-state index in [1.165, 1.54) is 11.8 Å². The molecule has 7 heteroatoms. The molecule has 0 bridgehead atoms. The summed E-state index contributed by atoms with van der Waals surface area (Å²) in [6, 6.07) is 24.8. The fourth-order valence-electron chi connectivity index (χ4n) is 2.99. The third-order valence-electron chi connectivity index (χ3n) is 4.38. The Labute approximate surface area is 199 Å². The molecule has 4 nitrogen and oxygen atoms in total. The van der Waals surface area contributed by atoms with E-state index in [0.717, 1.165) is 21.5 Å². The number of thiocarbonyl (C=S) groups is 1. The molecular formula is C24H18BrNO3S2. The topological polar surface area (TPSA) is 38.8 Å². The zero-order chi connectivity index (χ0) is 21.6. The van der Waals surface area contributed by atoms with Gasteiger partial charge in [-0.05, 0) is 54.1 Å². The molecule has 0 N–H and O–H groups in total. The second-order valence-electron chi connectivity index (χ2n) is 6.58. The highest BCUT2D eigenvalue weighted by atomic mass is 79.9. The average molecular weight is 512 g/mol. The zero-order valence-corrected chi connectivity index (χ0v) is 19.6. The summed E-state index contributed by atoms with van der Waals surface area (Å²) in [6.45, 7) is 0.864. The molecule has 1 amide bonds. The van der Waals surface area contributed by atoms with Crippen LogP contribution in [0.1, 0.15) is 5.56 Å². The van der Waals surface area contributed by atoms with Crippen molar-refractivity contribution >= 4 is 61.9 Å². The molecule has 0 radical (unpaired) electrons. The molecule has 1 fully saturated rings. The average Bonchev–Trinajstić information content (AvgIpc) is 3.05. The first kappa shape index (κ1) is 21.6. The highest BCUT2D eigenvalue weighted by Crippen LogP contribution is 2.37. The number of anilines is 1. The standard InChI is InChI=1S/C24H18BrNO3S2/c25-18-7-5-8-19(16-18)26-23(27)22(31-24(26)30)15-17-6-4-11-21(14-17)29-13-12-28-20-9-2-1-3-10-20/h1-11,14-16H,12-13H2/b22-15+. The molecule has 1 saturated heterocycles. The Balaban J connectivity index is 1.41. The highest BCUT2D eigenvalue weighted by molar-refractivity contribution is 9.10. The quantitative estimate of drug-likeness (QED) is 0.211. The SMILES string of the molecule is O=C1/C(=C\c2cccc(OCCOc3ccccc3)c2)SC(=S)N1c1cccc(Br)c1. The first-order chi connectivity index (χ1) is 15.1. The molecule has 0 saturated carbocycles. The number of para-hydroxylation sites is 1. The largest absolute Gasteiger partial charge is 0.490 e. The summed E-state index contributed by atoms with van der Waals surface area (Å²) < 4.78 is 12.8. The van der Waals surface area contributed by atoms with Crippen LogP contribution in [0.3, 0.4) is 0 Å². The van der Waals surface area contributed by atoms with E-state index in [1.807, 2.05) is 84.9 Å². The Morgan fingerprint density at radius 2 is 1.61 bits per heavy atom. The molecular weight excluding hydrogens is 494 g/mol. The summed E-state index contributed by atoms with van der Waals surface area (Å²) in [5.74, 6) is 1.40. The van der Waals surface area contributed by atoms with Crippen LogP contribution in [0.15, 0.2) is 88.2 Å². The Bertz CT molecular complexity index is 1130. The van der Waals surface area contributed by atoms with E-state index in [-0.39, 0.29) is 5.91 Å². The van der Waals surface area contributed by atoms with Gasteiger partial charge in [-0.15, -0.1) is 0 Å². The van der Waals surface area contributed by atoms with Gasteiger partial charge in [0.25, 0.3) is 5.91 Å². The molecule has 1 heterocycles. The number of hydrogen-bond acceptors (Lipinski definition) is 5. The van der Waals surface area contributed by atoms with E-state index >= 15 is 0 Å². The molecule has 1 aliphatic heterocycles. The van der Waals surface area contributed by atoms with Crippen molar-refractivity contribution in [2.24, 2.45) is 0 Å². The molecule has 1 aliphatic rings. The number of thioether (sulfide) groups is 1. The second-order valence-corrected chi connectivity index (χ2v) is 9.17. The monoisotopic (exact) mass is 511 g/mol. The van der Waals surface area contributed by atoms with Crippen LogP contribution in [0.5, 0.6) is 11.5 Å². The normalized spacial score (nSPS) is 14.9. The van der Waals surface area contributed by atoms with E-state index in [4.69, 9.17) is 21.7 Å². The van der Waals surface area contributed by atoms with E-state index in [0.29, 0.717) is 28.2 Å². The highest BCUT2D eigenvalue weighted by Gasteiger charge is 2.33. The van der Waals surface area contributed by atoms with Gasteiger partial charge in [0.05, 0.1) is 10.6 Å². The third kappa shape index (κ3) is 5.55. The summed E-state index contributed by atoms with van der Waals surface area (Å²) in [4.78, 5) is 15.1. The van der Waals surface area contributed by atoms with Gasteiger partial charge >= 0.3 is 0 Å². The lowest BCUT2D eigenvalue weighted by molar-refractivity contribution is -0.113. The van der Waals surface area contributed by atoms with Gasteiger partial charge < -0.3 is 9.47 Å². The first-order valence-corrected chi connectivity index (χ1v) is 11.6. The molecule has 3 aromatic rings. The Morgan fingerprint density at radius 3 is 2.39 bits per heavy atom. The lowest BCUT2D eigenvalue weighted by atomic mass is 10.2. The van der Waals surface area contributed by atoms with Crippen LogP contribution in [0, 0.1) is 0 Å². The van der Waals surface area contributed by atoms with Crippen LogP contribution in [0.25, 0.3) is 6.08 Å². The summed E-state index contributed by atoms with van der Waals surface area (Å²) in [6.07, 6.45) is 1.84. The Hall–Kier alpha value is -2.61. The van der Waals surface area contributed by atoms with E-state index < -0.39 is 0 Å². The summed E-state index contributed by atoms with van der Waals surface area (Å²) in [5, 5.41) is 0. The maximum absolute atomic E-state index is 12.9. The molecule has 31 heavy (non-hydrogen) atoms. The summed E-state index contributed by atoms with van der Waals surface area (Å²) in [7, 11) is 0. The van der Waals surface area contributed by atoms with Crippen LogP contribution >= 0.6 is 39.9 Å². The molecule has 0 atom stereocenters. The minimum atomic E-state index is -0.129. The second kappa shape index (κ2) is 10.1. The maximum Gasteiger partial charge on any atom is 0.270 e. The molecule has 0 spiro atoms. The van der Waals surface area contributed by atoms with Crippen molar-refractivity contribution in [2.45, 2.75) is 0 Å². The van der Waals surface area contributed by atoms with Crippen molar-refractivity contribution in [3.05, 3.63) is 93.8 Å². The minimum absolute atomic E-state index is 0.129. The summed E-state index contributed by atoms with van der Waals surface area (Å²) >= 11 is 10.2. The van der Waals surface area contributed by atoms with Crippen molar-refractivity contribution in [3.63, 3.8) is 0 Å². The van der Waals surface area contributed by atoms with Crippen LogP contribution in [-0.2, 0) is 4.79 Å². The fraction of sp³-hybridized carbons (Fsp3) is 0.0833. The van der Waals surface area contributed by atoms with Crippen molar-refractivity contribution < 1.29 is 14.3 Å². The number of carbonyl (C=O) groups is 1. The van der Waals surface area contributed by atoms with Gasteiger partial charge in [0.15, 0.2) is 4.32 Å². The lowest BCUT2D eigenvalue weighted by Gasteiger charge is -2.14. The number of carbonyl (C=O) groups excluding carboxylic acids is 1. The van der Waals surface area contributed by atoms with Gasteiger partial charge in [-0.25, -0.2) is 0 Å². The number of ether oxygens (including phenoxy) is 2. The molecule has 156 valence electrons. The van der Waals surface area contributed by atoms with E-state index in [2.05, 4.69) is 15.9 Å². The van der Waals surface area contributed by atoms with Crippen LogP contribution in [0.2, 0.25) is 0 Å². The van der Waals surface area contributed by atoms with Crippen molar-refractivity contribution in [1.82, 2.24) is 0 Å². The smallest absolute Gasteiger partial charge is 0.270 e. The molecule has 0 aromatic heterocycles. The van der Waals surface area contributed by atoms with Crippen LogP contribution < -0.4 is 14.4 Å². The molecule has 0 unspecified atom stereocenters. The van der Waals surface area contributed by atoms with Crippen molar-refractivity contribution in [1.29, 1.82) is 0 Å². The maximum atomic E-state index is 12.9. The Kier molecular flexibility index (Phi) is 7.06. The molecule has 0 aliphatic carbocycles. The summed E-state index contributed by atoms with van der Waals surface area (Å²) in [5.41, 5.74) is 1.62. The van der Waals surface area contributed by atoms with Gasteiger partial charge in [0.2, 0.25) is 0 Å². The molecule has 3 aromatic carbocycles. The number of hydrogen-bond donors (Lipinski definition) is 0. The predicted molar refractivity (Wildman–Crippen MR) is 134 cm³/mol. The van der Waals surface area contributed by atoms with E-state index in [1.54, 1.807) is 4.90 Å². The first-order valence-electron chi connectivity index (χ1n) is 9.54. The number of amides is 1. The number of halogens is 1. The fourth-order valence-corrected chi connectivity index (χ4v) is 4.67. The number of nitrogens with zero attached hydrogens (tertiary/aromatic N) is 1. The lowest BCUT2D eigenvalue weighted by Crippen LogP contribution is -2.27. The van der Waals surface area contributed by atoms with Crippen molar-refractivity contribution in [3.8, 4) is 11.5 Å². The van der Waals surface area contributed by atoms with Gasteiger partial charge in [0.1, 0.15) is 24.7 Å². The Morgan fingerprint density at radius 1 is 0.903 bits per heavy atom. The van der Waals surface area contributed by atoms with Crippen LogP contribution in [0.4, 0.5) is 5.69 Å². The van der Waals surface area contributed by atoms with Crippen molar-refractivity contribution in [2.75, 3.05) is 18.1 Å². The van der Waals surface area contributed by atoms with Gasteiger partial charge in [0, 0.05) is 4.47 Å². The number of benzene rings is 3. The van der Waals surface area contributed by atoms with Gasteiger partial charge in [-0.3, -0.25) is 9.69 Å². The zero-order valence-electron chi connectivity index (χ0n) is 16.4.